The van der Waals surface area contributed by atoms with Crippen molar-refractivity contribution in [1.29, 1.82) is 0 Å². The Kier molecular flexibility index (Phi) is 2.68. The largest absolute Gasteiger partial charge is 0.393 e. The first kappa shape index (κ1) is 14.3. The maximum atomic E-state index is 13.5. The van der Waals surface area contributed by atoms with Crippen molar-refractivity contribution in [2.45, 2.75) is 52.6 Å². The first-order chi connectivity index (χ1) is 10.3. The summed E-state index contributed by atoms with van der Waals surface area (Å²) in [5.41, 5.74) is 1.64. The molecule has 3 atom stereocenters. The highest BCUT2D eigenvalue weighted by Crippen LogP contribution is 2.72. The highest BCUT2D eigenvalue weighted by Gasteiger charge is 2.72. The molecule has 2 bridgehead atoms. The Balaban J connectivity index is 1.76. The Morgan fingerprint density at radius 1 is 1.23 bits per heavy atom. The Morgan fingerprint density at radius 2 is 1.95 bits per heavy atom. The van der Waals surface area contributed by atoms with Gasteiger partial charge in [-0.15, -0.1) is 0 Å². The molecule has 3 unspecified atom stereocenters. The SMILES string of the molecule is CC12CCC(C(=O)N3CCc4ccccc43)(CC1O)C2(C)C. The van der Waals surface area contributed by atoms with E-state index in [0.717, 1.165) is 31.5 Å². The van der Waals surface area contributed by atoms with E-state index in [-0.39, 0.29) is 22.8 Å². The van der Waals surface area contributed by atoms with Crippen LogP contribution in [0.25, 0.3) is 0 Å². The van der Waals surface area contributed by atoms with Crippen molar-refractivity contribution in [3.05, 3.63) is 29.8 Å². The van der Waals surface area contributed by atoms with E-state index in [9.17, 15) is 9.90 Å². The van der Waals surface area contributed by atoms with Gasteiger partial charge in [0.2, 0.25) is 5.91 Å². The number of hydrogen-bond donors (Lipinski definition) is 1. The maximum Gasteiger partial charge on any atom is 0.233 e. The maximum absolute atomic E-state index is 13.5. The van der Waals surface area contributed by atoms with Crippen molar-refractivity contribution in [3.8, 4) is 0 Å². The molecule has 3 heteroatoms. The summed E-state index contributed by atoms with van der Waals surface area (Å²) in [5, 5.41) is 10.6. The Morgan fingerprint density at radius 3 is 2.59 bits per heavy atom. The number of anilines is 1. The van der Waals surface area contributed by atoms with Gasteiger partial charge in [-0.05, 0) is 48.1 Å². The lowest BCUT2D eigenvalue weighted by Gasteiger charge is -2.41. The summed E-state index contributed by atoms with van der Waals surface area (Å²) in [7, 11) is 0. The van der Waals surface area contributed by atoms with E-state index < -0.39 is 5.41 Å². The minimum Gasteiger partial charge on any atom is -0.393 e. The molecule has 0 radical (unpaired) electrons. The van der Waals surface area contributed by atoms with Crippen LogP contribution >= 0.6 is 0 Å². The molecule has 1 aliphatic heterocycles. The average molecular weight is 299 g/mol. The van der Waals surface area contributed by atoms with Crippen molar-refractivity contribution in [3.63, 3.8) is 0 Å². The number of para-hydroxylation sites is 1. The van der Waals surface area contributed by atoms with E-state index in [0.29, 0.717) is 6.42 Å². The molecule has 118 valence electrons. The minimum atomic E-state index is -0.404. The highest BCUT2D eigenvalue weighted by molar-refractivity contribution is 6.00. The predicted molar refractivity (Wildman–Crippen MR) is 86.7 cm³/mol. The van der Waals surface area contributed by atoms with Crippen LogP contribution in [-0.2, 0) is 11.2 Å². The molecule has 1 aromatic rings. The van der Waals surface area contributed by atoms with Crippen molar-refractivity contribution >= 4 is 11.6 Å². The molecule has 2 saturated carbocycles. The van der Waals surface area contributed by atoms with Crippen LogP contribution in [0.3, 0.4) is 0 Å². The summed E-state index contributed by atoms with van der Waals surface area (Å²) >= 11 is 0. The summed E-state index contributed by atoms with van der Waals surface area (Å²) in [4.78, 5) is 15.5. The van der Waals surface area contributed by atoms with Gasteiger partial charge in [-0.3, -0.25) is 4.79 Å². The van der Waals surface area contributed by atoms with Gasteiger partial charge in [-0.25, -0.2) is 0 Å². The van der Waals surface area contributed by atoms with E-state index in [2.05, 4.69) is 32.9 Å². The van der Waals surface area contributed by atoms with Crippen LogP contribution in [0.15, 0.2) is 24.3 Å². The predicted octanol–water partition coefficient (Wildman–Crippen LogP) is 3.15. The van der Waals surface area contributed by atoms with E-state index in [1.54, 1.807) is 0 Å². The molecular formula is C19H25NO2. The molecule has 1 amide bonds. The van der Waals surface area contributed by atoms with Gasteiger partial charge in [0, 0.05) is 12.2 Å². The van der Waals surface area contributed by atoms with Crippen LogP contribution in [0.2, 0.25) is 0 Å². The zero-order valence-electron chi connectivity index (χ0n) is 13.7. The number of fused-ring (bicyclic) bond motifs is 3. The second kappa shape index (κ2) is 4.14. The van der Waals surface area contributed by atoms with E-state index in [1.807, 2.05) is 17.0 Å². The summed E-state index contributed by atoms with van der Waals surface area (Å²) in [5.74, 6) is 0.239. The lowest BCUT2D eigenvalue weighted by Crippen LogP contribution is -2.48. The van der Waals surface area contributed by atoms with Gasteiger partial charge in [0.1, 0.15) is 0 Å². The fraction of sp³-hybridized carbons (Fsp3) is 0.632. The number of benzene rings is 1. The molecular weight excluding hydrogens is 274 g/mol. The standard InChI is InChI=1S/C19H25NO2/c1-17(2)18(3)9-10-19(17,12-15(18)21)16(22)20-11-8-13-6-4-5-7-14(13)20/h4-7,15,21H,8-12H2,1-3H3. The molecule has 3 aliphatic rings. The minimum absolute atomic E-state index is 0.137. The van der Waals surface area contributed by atoms with Crippen LogP contribution in [0.5, 0.6) is 0 Å². The zero-order valence-corrected chi connectivity index (χ0v) is 13.7. The van der Waals surface area contributed by atoms with Crippen molar-refractivity contribution in [2.24, 2.45) is 16.2 Å². The fourth-order valence-electron chi connectivity index (χ4n) is 5.41. The third-order valence-corrected chi connectivity index (χ3v) is 7.51. The summed E-state index contributed by atoms with van der Waals surface area (Å²) in [6.07, 6.45) is 3.05. The first-order valence-corrected chi connectivity index (χ1v) is 8.41. The number of carbonyl (C=O) groups excluding carboxylic acids is 1. The molecule has 2 fully saturated rings. The van der Waals surface area contributed by atoms with Crippen LogP contribution in [-0.4, -0.2) is 23.7 Å². The van der Waals surface area contributed by atoms with Gasteiger partial charge in [-0.2, -0.15) is 0 Å². The molecule has 1 aromatic carbocycles. The van der Waals surface area contributed by atoms with Gasteiger partial charge in [-0.1, -0.05) is 39.0 Å². The van der Waals surface area contributed by atoms with Gasteiger partial charge in [0.15, 0.2) is 0 Å². The number of rotatable bonds is 1. The van der Waals surface area contributed by atoms with E-state index >= 15 is 0 Å². The van der Waals surface area contributed by atoms with Gasteiger partial charge >= 0.3 is 0 Å². The molecule has 0 saturated heterocycles. The van der Waals surface area contributed by atoms with Gasteiger partial charge in [0.05, 0.1) is 11.5 Å². The lowest BCUT2D eigenvalue weighted by molar-refractivity contribution is -0.133. The third kappa shape index (κ3) is 1.39. The number of carbonyl (C=O) groups is 1. The number of nitrogens with zero attached hydrogens (tertiary/aromatic N) is 1. The molecule has 22 heavy (non-hydrogen) atoms. The van der Waals surface area contributed by atoms with Gasteiger partial charge in [0.25, 0.3) is 0 Å². The fourth-order valence-corrected chi connectivity index (χ4v) is 5.41. The molecule has 1 N–H and O–H groups in total. The number of aliphatic hydroxyl groups is 1. The van der Waals surface area contributed by atoms with Crippen molar-refractivity contribution in [1.82, 2.24) is 0 Å². The van der Waals surface area contributed by atoms with Gasteiger partial charge < -0.3 is 10.0 Å². The summed E-state index contributed by atoms with van der Waals surface area (Å²) < 4.78 is 0. The molecule has 0 spiro atoms. The monoisotopic (exact) mass is 299 g/mol. The van der Waals surface area contributed by atoms with Crippen molar-refractivity contribution in [2.75, 3.05) is 11.4 Å². The highest BCUT2D eigenvalue weighted by atomic mass is 16.3. The molecule has 4 rings (SSSR count). The number of hydrogen-bond acceptors (Lipinski definition) is 2. The third-order valence-electron chi connectivity index (χ3n) is 7.51. The average Bonchev–Trinajstić information content (AvgIpc) is 3.04. The van der Waals surface area contributed by atoms with Crippen LogP contribution in [0.1, 0.15) is 45.6 Å². The number of amides is 1. The van der Waals surface area contributed by atoms with Crippen LogP contribution in [0, 0.1) is 16.2 Å². The quantitative estimate of drug-likeness (QED) is 0.865. The second-order valence-corrected chi connectivity index (χ2v) is 8.18. The van der Waals surface area contributed by atoms with Crippen molar-refractivity contribution < 1.29 is 9.90 Å². The topological polar surface area (TPSA) is 40.5 Å². The Hall–Kier alpha value is -1.35. The first-order valence-electron chi connectivity index (χ1n) is 8.41. The molecule has 2 aliphatic carbocycles. The zero-order chi connectivity index (χ0) is 15.8. The van der Waals surface area contributed by atoms with E-state index in [1.165, 1.54) is 5.56 Å². The van der Waals surface area contributed by atoms with Crippen LogP contribution < -0.4 is 4.90 Å². The summed E-state index contributed by atoms with van der Waals surface area (Å²) in [6.45, 7) is 7.33. The number of aliphatic hydroxyl groups excluding tert-OH is 1. The second-order valence-electron chi connectivity index (χ2n) is 8.18. The molecule has 0 aromatic heterocycles. The molecule has 1 heterocycles. The Labute approximate surface area is 132 Å². The normalized spacial score (nSPS) is 38.4. The smallest absolute Gasteiger partial charge is 0.233 e. The van der Waals surface area contributed by atoms with E-state index in [4.69, 9.17) is 0 Å². The van der Waals surface area contributed by atoms with Crippen LogP contribution in [0.4, 0.5) is 5.69 Å². The lowest BCUT2D eigenvalue weighted by atomic mass is 9.64. The summed E-state index contributed by atoms with van der Waals surface area (Å²) in [6, 6.07) is 8.23. The molecule has 3 nitrogen and oxygen atoms in total. The Bertz CT molecular complexity index is 653.